The van der Waals surface area contributed by atoms with Crippen LogP contribution in [0.5, 0.6) is 5.75 Å². The molecule has 2 aromatic rings. The normalized spacial score (nSPS) is 10.5. The molecule has 1 aromatic heterocycles. The topological polar surface area (TPSA) is 44.1 Å². The van der Waals surface area contributed by atoms with Crippen molar-refractivity contribution in [3.8, 4) is 5.75 Å². The van der Waals surface area contributed by atoms with Crippen molar-refractivity contribution in [1.82, 2.24) is 9.55 Å². The molecule has 0 radical (unpaired) electrons. The van der Waals surface area contributed by atoms with E-state index in [1.807, 2.05) is 42.8 Å². The molecule has 4 nitrogen and oxygen atoms in total. The summed E-state index contributed by atoms with van der Waals surface area (Å²) in [5, 5.41) is 0.857. The minimum atomic E-state index is 0.636. The second-order valence-corrected chi connectivity index (χ2v) is 5.12. The van der Waals surface area contributed by atoms with Crippen molar-refractivity contribution in [1.29, 1.82) is 0 Å². The van der Waals surface area contributed by atoms with Gasteiger partial charge in [0.25, 0.3) is 0 Å². The highest BCUT2D eigenvalue weighted by molar-refractivity contribution is 7.98. The number of imidazole rings is 1. The molecule has 1 aromatic carbocycles. The number of thioether (sulfide) groups is 1. The van der Waals surface area contributed by atoms with Crippen molar-refractivity contribution < 1.29 is 9.53 Å². The number of hydrogen-bond donors (Lipinski definition) is 0. The van der Waals surface area contributed by atoms with Crippen molar-refractivity contribution in [2.24, 2.45) is 7.05 Å². The molecular formula is C14H16N2O2S. The van der Waals surface area contributed by atoms with Crippen molar-refractivity contribution in [2.45, 2.75) is 17.8 Å². The highest BCUT2D eigenvalue weighted by atomic mass is 32.2. The first-order valence-electron chi connectivity index (χ1n) is 5.90. The number of rotatable bonds is 5. The fourth-order valence-corrected chi connectivity index (χ4v) is 2.77. The van der Waals surface area contributed by atoms with Crippen molar-refractivity contribution in [2.75, 3.05) is 7.11 Å². The molecule has 5 heteroatoms. The van der Waals surface area contributed by atoms with E-state index in [-0.39, 0.29) is 0 Å². The van der Waals surface area contributed by atoms with Crippen LogP contribution in [-0.2, 0) is 12.8 Å². The van der Waals surface area contributed by atoms with Crippen LogP contribution in [0.15, 0.2) is 29.4 Å². The van der Waals surface area contributed by atoms with Crippen LogP contribution in [-0.4, -0.2) is 22.9 Å². The van der Waals surface area contributed by atoms with Crippen LogP contribution in [0.3, 0.4) is 0 Å². The monoisotopic (exact) mass is 276 g/mol. The lowest BCUT2D eigenvalue weighted by Gasteiger charge is -2.04. The maximum atomic E-state index is 10.9. The zero-order valence-electron chi connectivity index (χ0n) is 11.2. The van der Waals surface area contributed by atoms with E-state index in [9.17, 15) is 4.79 Å². The van der Waals surface area contributed by atoms with E-state index >= 15 is 0 Å². The molecule has 100 valence electrons. The lowest BCUT2D eigenvalue weighted by Crippen LogP contribution is -1.97. The number of hydrogen-bond acceptors (Lipinski definition) is 4. The van der Waals surface area contributed by atoms with Crippen LogP contribution in [0.25, 0.3) is 0 Å². The Bertz CT molecular complexity index is 576. The molecule has 0 aliphatic carbocycles. The summed E-state index contributed by atoms with van der Waals surface area (Å²) in [6, 6.07) is 7.94. The molecule has 0 aliphatic heterocycles. The molecule has 0 amide bonds. The fourth-order valence-electron chi connectivity index (χ4n) is 1.78. The molecule has 2 rings (SSSR count). The molecule has 0 bridgehead atoms. The smallest absolute Gasteiger partial charge is 0.168 e. The summed E-state index contributed by atoms with van der Waals surface area (Å²) in [5.41, 5.74) is 2.60. The van der Waals surface area contributed by atoms with Gasteiger partial charge in [-0.05, 0) is 24.6 Å². The zero-order chi connectivity index (χ0) is 13.8. The third kappa shape index (κ3) is 2.98. The molecule has 1 heterocycles. The van der Waals surface area contributed by atoms with E-state index in [0.717, 1.165) is 28.6 Å². The van der Waals surface area contributed by atoms with Crippen molar-refractivity contribution >= 4 is 18.0 Å². The van der Waals surface area contributed by atoms with Gasteiger partial charge in [0, 0.05) is 12.8 Å². The Kier molecular flexibility index (Phi) is 4.27. The van der Waals surface area contributed by atoms with Crippen LogP contribution < -0.4 is 4.74 Å². The SMILES string of the molecule is COc1ccc(CSc2nc(C)c(C=O)n2C)cc1. The summed E-state index contributed by atoms with van der Waals surface area (Å²) in [7, 11) is 3.52. The minimum Gasteiger partial charge on any atom is -0.497 e. The Balaban J connectivity index is 2.07. The summed E-state index contributed by atoms with van der Waals surface area (Å²) >= 11 is 1.62. The largest absolute Gasteiger partial charge is 0.497 e. The standard InChI is InChI=1S/C14H16N2O2S/c1-10-13(8-17)16(2)14(15-10)19-9-11-4-6-12(18-3)7-5-11/h4-8H,9H2,1-3H3. The lowest BCUT2D eigenvalue weighted by molar-refractivity contribution is 0.111. The summed E-state index contributed by atoms with van der Waals surface area (Å²) in [6.07, 6.45) is 0.847. The lowest BCUT2D eigenvalue weighted by atomic mass is 10.2. The predicted octanol–water partition coefficient (Wildman–Crippen LogP) is 2.84. The average molecular weight is 276 g/mol. The maximum absolute atomic E-state index is 10.9. The number of methoxy groups -OCH3 is 1. The van der Waals surface area contributed by atoms with Gasteiger partial charge in [-0.3, -0.25) is 4.79 Å². The highest BCUT2D eigenvalue weighted by Gasteiger charge is 2.10. The number of carbonyl (C=O) groups excluding carboxylic acids is 1. The Morgan fingerprint density at radius 3 is 2.58 bits per heavy atom. The van der Waals surface area contributed by atoms with E-state index in [1.54, 1.807) is 18.9 Å². The number of aryl methyl sites for hydroxylation is 1. The third-order valence-electron chi connectivity index (χ3n) is 2.92. The molecule has 19 heavy (non-hydrogen) atoms. The van der Waals surface area contributed by atoms with Gasteiger partial charge in [-0.25, -0.2) is 4.98 Å². The molecular weight excluding hydrogens is 260 g/mol. The second-order valence-electron chi connectivity index (χ2n) is 4.18. The Hall–Kier alpha value is -1.75. The number of aldehydes is 1. The fraction of sp³-hybridized carbons (Fsp3) is 0.286. The Morgan fingerprint density at radius 2 is 2.05 bits per heavy atom. The van der Waals surface area contributed by atoms with Crippen LogP contribution in [0.1, 0.15) is 21.7 Å². The number of benzene rings is 1. The van der Waals surface area contributed by atoms with Gasteiger partial charge in [0.2, 0.25) is 0 Å². The zero-order valence-corrected chi connectivity index (χ0v) is 12.0. The average Bonchev–Trinajstić information content (AvgIpc) is 2.71. The molecule has 0 aliphatic rings. The number of aromatic nitrogens is 2. The van der Waals surface area contributed by atoms with Crippen LogP contribution in [0, 0.1) is 6.92 Å². The van der Waals surface area contributed by atoms with Crippen molar-refractivity contribution in [3.63, 3.8) is 0 Å². The molecule has 0 unspecified atom stereocenters. The van der Waals surface area contributed by atoms with E-state index in [2.05, 4.69) is 4.98 Å². The van der Waals surface area contributed by atoms with E-state index in [1.165, 1.54) is 5.56 Å². The predicted molar refractivity (Wildman–Crippen MR) is 75.9 cm³/mol. The summed E-state index contributed by atoms with van der Waals surface area (Å²) in [6.45, 7) is 1.85. The third-order valence-corrected chi connectivity index (χ3v) is 4.02. The first kappa shape index (κ1) is 13.7. The molecule has 0 fully saturated rings. The van der Waals surface area contributed by atoms with Gasteiger partial charge < -0.3 is 9.30 Å². The second kappa shape index (κ2) is 5.93. The van der Waals surface area contributed by atoms with Gasteiger partial charge in [0.1, 0.15) is 11.4 Å². The highest BCUT2D eigenvalue weighted by Crippen LogP contribution is 2.24. The van der Waals surface area contributed by atoms with Crippen LogP contribution >= 0.6 is 11.8 Å². The number of ether oxygens (including phenoxy) is 1. The summed E-state index contributed by atoms with van der Waals surface area (Å²) in [5.74, 6) is 1.66. The van der Waals surface area contributed by atoms with E-state index in [0.29, 0.717) is 5.69 Å². The van der Waals surface area contributed by atoms with E-state index in [4.69, 9.17) is 4.74 Å². The summed E-state index contributed by atoms with van der Waals surface area (Å²) in [4.78, 5) is 15.3. The minimum absolute atomic E-state index is 0.636. The van der Waals surface area contributed by atoms with Gasteiger partial charge in [0.15, 0.2) is 11.4 Å². The van der Waals surface area contributed by atoms with Gasteiger partial charge in [-0.2, -0.15) is 0 Å². The number of nitrogens with zero attached hydrogens (tertiary/aromatic N) is 2. The summed E-state index contributed by atoms with van der Waals surface area (Å²) < 4.78 is 6.95. The Labute approximate surface area is 116 Å². The Morgan fingerprint density at radius 1 is 1.37 bits per heavy atom. The van der Waals surface area contributed by atoms with Gasteiger partial charge in [-0.1, -0.05) is 23.9 Å². The molecule has 0 atom stereocenters. The first-order chi connectivity index (χ1) is 9.15. The molecule has 0 spiro atoms. The molecule has 0 saturated carbocycles. The van der Waals surface area contributed by atoms with Gasteiger partial charge in [-0.15, -0.1) is 0 Å². The van der Waals surface area contributed by atoms with Gasteiger partial charge in [0.05, 0.1) is 12.8 Å². The van der Waals surface area contributed by atoms with E-state index < -0.39 is 0 Å². The molecule has 0 N–H and O–H groups in total. The quantitative estimate of drug-likeness (QED) is 0.622. The maximum Gasteiger partial charge on any atom is 0.168 e. The van der Waals surface area contributed by atoms with Crippen molar-refractivity contribution in [3.05, 3.63) is 41.2 Å². The molecule has 0 saturated heterocycles. The van der Waals surface area contributed by atoms with Gasteiger partial charge >= 0.3 is 0 Å². The van der Waals surface area contributed by atoms with Crippen LogP contribution in [0.2, 0.25) is 0 Å². The number of carbonyl (C=O) groups is 1. The van der Waals surface area contributed by atoms with Crippen LogP contribution in [0.4, 0.5) is 0 Å². The first-order valence-corrected chi connectivity index (χ1v) is 6.88.